The maximum Gasteiger partial charge on any atom is 0.329 e. The number of aromatic amines is 1. The van der Waals surface area contributed by atoms with Crippen LogP contribution in [0.2, 0.25) is 0 Å². The number of hydrogen-bond donors (Lipinski definition) is 1. The minimum Gasteiger partial charge on any atom is -0.300 e. The lowest BCUT2D eigenvalue weighted by Gasteiger charge is -2.02. The van der Waals surface area contributed by atoms with Gasteiger partial charge in [-0.15, -0.1) is 11.3 Å². The van der Waals surface area contributed by atoms with Crippen LogP contribution in [0.3, 0.4) is 0 Å². The molecular formula is C13H16N2O3S. The van der Waals surface area contributed by atoms with E-state index in [1.165, 1.54) is 18.3 Å². The monoisotopic (exact) mass is 280 g/mol. The molecule has 0 saturated carbocycles. The molecule has 2 aromatic heterocycles. The van der Waals surface area contributed by atoms with Gasteiger partial charge in [0, 0.05) is 17.8 Å². The summed E-state index contributed by atoms with van der Waals surface area (Å²) in [7, 11) is 0. The summed E-state index contributed by atoms with van der Waals surface area (Å²) in [6, 6.07) is 1.84. The SMILES string of the molecule is CCCc1cc2c(=O)n(CCC(C)=O)c(=O)[nH]c2s1. The molecule has 1 N–H and O–H groups in total. The van der Waals surface area contributed by atoms with Crippen molar-refractivity contribution in [3.63, 3.8) is 0 Å². The van der Waals surface area contributed by atoms with Crippen molar-refractivity contribution in [3.05, 3.63) is 31.8 Å². The van der Waals surface area contributed by atoms with Crippen LogP contribution in [0.25, 0.3) is 10.2 Å². The van der Waals surface area contributed by atoms with Gasteiger partial charge in [-0.3, -0.25) is 19.1 Å². The third kappa shape index (κ3) is 2.84. The Morgan fingerprint density at radius 2 is 2.16 bits per heavy atom. The van der Waals surface area contributed by atoms with E-state index < -0.39 is 5.69 Å². The lowest BCUT2D eigenvalue weighted by Crippen LogP contribution is -2.35. The Hall–Kier alpha value is -1.69. The third-order valence-electron chi connectivity index (χ3n) is 2.91. The van der Waals surface area contributed by atoms with Crippen LogP contribution >= 0.6 is 11.3 Å². The number of carbonyl (C=O) groups is 1. The Morgan fingerprint density at radius 1 is 1.42 bits per heavy atom. The standard InChI is InChI=1S/C13H16N2O3S/c1-3-4-9-7-10-11(19-9)14-13(18)15(12(10)17)6-5-8(2)16/h7H,3-6H2,1-2H3,(H,14,18). The van der Waals surface area contributed by atoms with E-state index in [2.05, 4.69) is 11.9 Å². The second kappa shape index (κ2) is 5.52. The fraction of sp³-hybridized carbons (Fsp3) is 0.462. The van der Waals surface area contributed by atoms with Crippen LogP contribution in [0.4, 0.5) is 0 Å². The van der Waals surface area contributed by atoms with Crippen molar-refractivity contribution in [1.82, 2.24) is 9.55 Å². The van der Waals surface area contributed by atoms with Gasteiger partial charge < -0.3 is 0 Å². The molecule has 0 aliphatic rings. The van der Waals surface area contributed by atoms with Crippen molar-refractivity contribution in [2.24, 2.45) is 0 Å². The summed E-state index contributed by atoms with van der Waals surface area (Å²) in [5.41, 5.74) is -0.748. The fourth-order valence-electron chi connectivity index (χ4n) is 1.94. The molecule has 5 nitrogen and oxygen atoms in total. The summed E-state index contributed by atoms with van der Waals surface area (Å²) >= 11 is 1.45. The number of thiophene rings is 1. The maximum atomic E-state index is 12.2. The third-order valence-corrected chi connectivity index (χ3v) is 4.02. The summed E-state index contributed by atoms with van der Waals surface area (Å²) in [5, 5.41) is 0.539. The lowest BCUT2D eigenvalue weighted by atomic mass is 10.2. The Morgan fingerprint density at radius 3 is 2.79 bits per heavy atom. The van der Waals surface area contributed by atoms with Gasteiger partial charge in [0.1, 0.15) is 10.6 Å². The molecule has 0 spiro atoms. The molecular weight excluding hydrogens is 264 g/mol. The molecule has 102 valence electrons. The predicted molar refractivity (Wildman–Crippen MR) is 76.0 cm³/mol. The number of rotatable bonds is 5. The van der Waals surface area contributed by atoms with Crippen molar-refractivity contribution in [2.75, 3.05) is 0 Å². The van der Waals surface area contributed by atoms with E-state index in [0.717, 1.165) is 22.3 Å². The number of fused-ring (bicyclic) bond motifs is 1. The number of Topliss-reactive ketones (excluding diaryl/α,β-unsaturated/α-hetero) is 1. The van der Waals surface area contributed by atoms with E-state index in [-0.39, 0.29) is 24.3 Å². The molecule has 2 aromatic rings. The number of nitrogens with one attached hydrogen (secondary N) is 1. The van der Waals surface area contributed by atoms with Crippen LogP contribution in [-0.4, -0.2) is 15.3 Å². The average molecular weight is 280 g/mol. The Bertz CT molecular complexity index is 724. The van der Waals surface area contributed by atoms with Crippen LogP contribution < -0.4 is 11.2 Å². The van der Waals surface area contributed by atoms with Crippen LogP contribution in [0.1, 0.15) is 31.6 Å². The topological polar surface area (TPSA) is 71.9 Å². The van der Waals surface area contributed by atoms with Gasteiger partial charge in [-0.1, -0.05) is 13.3 Å². The molecule has 0 atom stereocenters. The van der Waals surface area contributed by atoms with Crippen molar-refractivity contribution < 1.29 is 4.79 Å². The molecule has 19 heavy (non-hydrogen) atoms. The van der Waals surface area contributed by atoms with Gasteiger partial charge >= 0.3 is 5.69 Å². The highest BCUT2D eigenvalue weighted by Gasteiger charge is 2.11. The molecule has 0 aliphatic carbocycles. The first-order chi connectivity index (χ1) is 9.02. The van der Waals surface area contributed by atoms with Gasteiger partial charge in [0.15, 0.2) is 0 Å². The van der Waals surface area contributed by atoms with Gasteiger partial charge in [0.2, 0.25) is 0 Å². The molecule has 0 fully saturated rings. The Labute approximate surface area is 113 Å². The zero-order valence-corrected chi connectivity index (χ0v) is 11.8. The number of ketones is 1. The van der Waals surface area contributed by atoms with Gasteiger partial charge in [-0.25, -0.2) is 4.79 Å². The largest absolute Gasteiger partial charge is 0.329 e. The molecule has 6 heteroatoms. The second-order valence-corrected chi connectivity index (χ2v) is 5.68. The highest BCUT2D eigenvalue weighted by molar-refractivity contribution is 7.18. The zero-order valence-electron chi connectivity index (χ0n) is 11.0. The molecule has 0 radical (unpaired) electrons. The van der Waals surface area contributed by atoms with E-state index in [4.69, 9.17) is 0 Å². The predicted octanol–water partition coefficient (Wildman–Crippen LogP) is 1.68. The molecule has 2 heterocycles. The average Bonchev–Trinajstić information content (AvgIpc) is 2.71. The Kier molecular flexibility index (Phi) is 3.99. The normalized spacial score (nSPS) is 11.1. The summed E-state index contributed by atoms with van der Waals surface area (Å²) in [4.78, 5) is 39.5. The number of carbonyl (C=O) groups excluding carboxylic acids is 1. The number of nitrogens with zero attached hydrogens (tertiary/aromatic N) is 1. The van der Waals surface area contributed by atoms with Crippen molar-refractivity contribution in [1.29, 1.82) is 0 Å². The van der Waals surface area contributed by atoms with Crippen LogP contribution in [0, 0.1) is 0 Å². The molecule has 0 bridgehead atoms. The maximum absolute atomic E-state index is 12.2. The van der Waals surface area contributed by atoms with Gasteiger partial charge in [0.05, 0.1) is 5.39 Å². The smallest absolute Gasteiger partial charge is 0.300 e. The van der Waals surface area contributed by atoms with Crippen molar-refractivity contribution in [2.45, 2.75) is 39.7 Å². The van der Waals surface area contributed by atoms with E-state index in [1.54, 1.807) is 0 Å². The number of aryl methyl sites for hydroxylation is 1. The molecule has 0 amide bonds. The minimum atomic E-state index is -0.441. The lowest BCUT2D eigenvalue weighted by molar-refractivity contribution is -0.117. The highest BCUT2D eigenvalue weighted by atomic mass is 32.1. The fourth-order valence-corrected chi connectivity index (χ4v) is 3.08. The van der Waals surface area contributed by atoms with E-state index in [9.17, 15) is 14.4 Å². The number of H-pyrrole nitrogens is 1. The van der Waals surface area contributed by atoms with Gasteiger partial charge in [-0.05, 0) is 19.4 Å². The van der Waals surface area contributed by atoms with E-state index >= 15 is 0 Å². The molecule has 2 rings (SSSR count). The van der Waals surface area contributed by atoms with Crippen molar-refractivity contribution >= 4 is 27.3 Å². The molecule has 0 saturated heterocycles. The first-order valence-electron chi connectivity index (χ1n) is 6.28. The molecule has 0 aliphatic heterocycles. The zero-order chi connectivity index (χ0) is 14.0. The van der Waals surface area contributed by atoms with Crippen LogP contribution in [0.5, 0.6) is 0 Å². The minimum absolute atomic E-state index is 0.0385. The van der Waals surface area contributed by atoms with E-state index in [1.807, 2.05) is 6.07 Å². The highest BCUT2D eigenvalue weighted by Crippen LogP contribution is 2.21. The summed E-state index contributed by atoms with van der Waals surface area (Å²) in [6.45, 7) is 3.65. The molecule has 0 aromatic carbocycles. The second-order valence-electron chi connectivity index (χ2n) is 4.54. The summed E-state index contributed by atoms with van der Waals surface area (Å²) < 4.78 is 1.10. The van der Waals surface area contributed by atoms with Crippen LogP contribution in [-0.2, 0) is 17.8 Å². The van der Waals surface area contributed by atoms with Crippen molar-refractivity contribution in [3.8, 4) is 0 Å². The first-order valence-corrected chi connectivity index (χ1v) is 7.09. The summed E-state index contributed by atoms with van der Waals surface area (Å²) in [5.74, 6) is -0.0385. The van der Waals surface area contributed by atoms with Gasteiger partial charge in [0.25, 0.3) is 5.56 Å². The summed E-state index contributed by atoms with van der Waals surface area (Å²) in [6.07, 6.45) is 2.09. The number of aromatic nitrogens is 2. The first kappa shape index (κ1) is 13.7. The quantitative estimate of drug-likeness (QED) is 0.905. The van der Waals surface area contributed by atoms with Crippen LogP contribution in [0.15, 0.2) is 15.7 Å². The molecule has 0 unspecified atom stereocenters. The number of hydrogen-bond acceptors (Lipinski definition) is 4. The van der Waals surface area contributed by atoms with E-state index in [0.29, 0.717) is 10.2 Å². The Balaban J connectivity index is 2.51. The van der Waals surface area contributed by atoms with Gasteiger partial charge in [-0.2, -0.15) is 0 Å².